The second-order valence-corrected chi connectivity index (χ2v) is 7.29. The standard InChI is InChI=1S/C20H28N4O2/c1-14(2)10-18(25)23-19(15(3)4)20(26)22-17-11-21-24(13-17)12-16-8-6-5-7-9-16/h5-9,11,13-15,19H,10,12H2,1-4H3,(H,22,26)(H,23,25). The van der Waals surface area contributed by atoms with Crippen molar-refractivity contribution in [3.8, 4) is 0 Å². The topological polar surface area (TPSA) is 76.0 Å². The van der Waals surface area contributed by atoms with E-state index in [0.29, 0.717) is 18.7 Å². The summed E-state index contributed by atoms with van der Waals surface area (Å²) in [5, 5.41) is 9.97. The summed E-state index contributed by atoms with van der Waals surface area (Å²) in [6, 6.07) is 9.41. The van der Waals surface area contributed by atoms with E-state index in [-0.39, 0.29) is 23.7 Å². The number of carbonyl (C=O) groups is 2. The summed E-state index contributed by atoms with van der Waals surface area (Å²) >= 11 is 0. The molecule has 0 fully saturated rings. The highest BCUT2D eigenvalue weighted by Gasteiger charge is 2.24. The van der Waals surface area contributed by atoms with E-state index in [1.54, 1.807) is 17.1 Å². The van der Waals surface area contributed by atoms with Crippen molar-refractivity contribution < 1.29 is 9.59 Å². The molecule has 1 atom stereocenters. The number of anilines is 1. The number of amides is 2. The van der Waals surface area contributed by atoms with E-state index in [2.05, 4.69) is 15.7 Å². The fraction of sp³-hybridized carbons (Fsp3) is 0.450. The summed E-state index contributed by atoms with van der Waals surface area (Å²) in [4.78, 5) is 24.6. The SMILES string of the molecule is CC(C)CC(=O)NC(C(=O)Nc1cnn(Cc2ccccc2)c1)C(C)C. The Hall–Kier alpha value is -2.63. The first-order valence-electron chi connectivity index (χ1n) is 9.01. The van der Waals surface area contributed by atoms with E-state index >= 15 is 0 Å². The van der Waals surface area contributed by atoms with Gasteiger partial charge in [-0.05, 0) is 17.4 Å². The number of aromatic nitrogens is 2. The Bertz CT molecular complexity index is 722. The lowest BCUT2D eigenvalue weighted by Gasteiger charge is -2.21. The maximum Gasteiger partial charge on any atom is 0.247 e. The first-order valence-corrected chi connectivity index (χ1v) is 9.01. The molecule has 140 valence electrons. The minimum atomic E-state index is -0.571. The molecule has 1 unspecified atom stereocenters. The summed E-state index contributed by atoms with van der Waals surface area (Å²) in [5.74, 6) is -0.0856. The number of nitrogens with one attached hydrogen (secondary N) is 2. The molecule has 0 saturated heterocycles. The van der Waals surface area contributed by atoms with E-state index in [1.807, 2.05) is 58.0 Å². The molecule has 6 nitrogen and oxygen atoms in total. The van der Waals surface area contributed by atoms with Crippen molar-refractivity contribution in [2.45, 2.75) is 46.7 Å². The van der Waals surface area contributed by atoms with Crippen LogP contribution in [0.15, 0.2) is 42.7 Å². The zero-order chi connectivity index (χ0) is 19.1. The molecule has 2 amide bonds. The Labute approximate surface area is 155 Å². The van der Waals surface area contributed by atoms with Gasteiger partial charge in [-0.3, -0.25) is 14.3 Å². The second-order valence-electron chi connectivity index (χ2n) is 7.29. The molecule has 0 spiro atoms. The fourth-order valence-corrected chi connectivity index (χ4v) is 2.64. The molecule has 0 aliphatic heterocycles. The number of nitrogens with zero attached hydrogens (tertiary/aromatic N) is 2. The molecule has 26 heavy (non-hydrogen) atoms. The maximum absolute atomic E-state index is 12.6. The molecule has 1 aromatic heterocycles. The van der Waals surface area contributed by atoms with Crippen molar-refractivity contribution in [2.24, 2.45) is 11.8 Å². The molecule has 1 aromatic carbocycles. The van der Waals surface area contributed by atoms with Gasteiger partial charge in [0.05, 0.1) is 18.4 Å². The molecule has 6 heteroatoms. The Morgan fingerprint density at radius 2 is 1.81 bits per heavy atom. The number of hydrogen-bond donors (Lipinski definition) is 2. The Morgan fingerprint density at radius 3 is 2.42 bits per heavy atom. The van der Waals surface area contributed by atoms with Gasteiger partial charge in [-0.1, -0.05) is 58.0 Å². The van der Waals surface area contributed by atoms with E-state index < -0.39 is 6.04 Å². The summed E-state index contributed by atoms with van der Waals surface area (Å²) in [6.07, 6.45) is 3.82. The van der Waals surface area contributed by atoms with Crippen molar-refractivity contribution in [1.29, 1.82) is 0 Å². The van der Waals surface area contributed by atoms with Crippen LogP contribution < -0.4 is 10.6 Å². The van der Waals surface area contributed by atoms with Gasteiger partial charge in [0.25, 0.3) is 0 Å². The lowest BCUT2D eigenvalue weighted by Crippen LogP contribution is -2.47. The van der Waals surface area contributed by atoms with Crippen LogP contribution in [0.3, 0.4) is 0 Å². The molecular formula is C20H28N4O2. The van der Waals surface area contributed by atoms with Crippen LogP contribution in [0.25, 0.3) is 0 Å². The first kappa shape index (κ1) is 19.7. The van der Waals surface area contributed by atoms with Crippen LogP contribution in [0.4, 0.5) is 5.69 Å². The predicted octanol–water partition coefficient (Wildman–Crippen LogP) is 3.06. The third kappa shape index (κ3) is 6.02. The van der Waals surface area contributed by atoms with Gasteiger partial charge in [0.2, 0.25) is 11.8 Å². The number of benzene rings is 1. The summed E-state index contributed by atoms with van der Waals surface area (Å²) < 4.78 is 1.77. The minimum Gasteiger partial charge on any atom is -0.344 e. The summed E-state index contributed by atoms with van der Waals surface area (Å²) in [7, 11) is 0. The van der Waals surface area contributed by atoms with Crippen molar-refractivity contribution in [3.63, 3.8) is 0 Å². The van der Waals surface area contributed by atoms with E-state index in [4.69, 9.17) is 0 Å². The highest BCUT2D eigenvalue weighted by Crippen LogP contribution is 2.11. The predicted molar refractivity (Wildman–Crippen MR) is 103 cm³/mol. The van der Waals surface area contributed by atoms with Crippen molar-refractivity contribution in [1.82, 2.24) is 15.1 Å². The summed E-state index contributed by atoms with van der Waals surface area (Å²) in [6.45, 7) is 8.42. The molecule has 0 aliphatic carbocycles. The number of hydrogen-bond acceptors (Lipinski definition) is 3. The highest BCUT2D eigenvalue weighted by atomic mass is 16.2. The molecular weight excluding hydrogens is 328 g/mol. The monoisotopic (exact) mass is 356 g/mol. The zero-order valence-electron chi connectivity index (χ0n) is 15.9. The highest BCUT2D eigenvalue weighted by molar-refractivity contribution is 5.97. The van der Waals surface area contributed by atoms with Crippen LogP contribution in [-0.2, 0) is 16.1 Å². The second kappa shape index (κ2) is 9.17. The van der Waals surface area contributed by atoms with Gasteiger partial charge in [0, 0.05) is 12.6 Å². The van der Waals surface area contributed by atoms with Crippen LogP contribution in [0.5, 0.6) is 0 Å². The van der Waals surface area contributed by atoms with Crippen LogP contribution >= 0.6 is 0 Å². The lowest BCUT2D eigenvalue weighted by atomic mass is 10.0. The smallest absolute Gasteiger partial charge is 0.247 e. The van der Waals surface area contributed by atoms with Gasteiger partial charge in [-0.25, -0.2) is 0 Å². The van der Waals surface area contributed by atoms with Crippen LogP contribution in [-0.4, -0.2) is 27.6 Å². The fourth-order valence-electron chi connectivity index (χ4n) is 2.64. The third-order valence-corrected chi connectivity index (χ3v) is 3.95. The van der Waals surface area contributed by atoms with Crippen molar-refractivity contribution in [3.05, 3.63) is 48.3 Å². The largest absolute Gasteiger partial charge is 0.344 e. The lowest BCUT2D eigenvalue weighted by molar-refractivity contribution is -0.127. The number of carbonyl (C=O) groups excluding carboxylic acids is 2. The maximum atomic E-state index is 12.6. The molecule has 1 heterocycles. The first-order chi connectivity index (χ1) is 12.3. The van der Waals surface area contributed by atoms with E-state index in [1.165, 1.54) is 0 Å². The minimum absolute atomic E-state index is 0.00882. The van der Waals surface area contributed by atoms with Gasteiger partial charge in [-0.15, -0.1) is 0 Å². The van der Waals surface area contributed by atoms with Gasteiger partial charge in [0.1, 0.15) is 6.04 Å². The van der Waals surface area contributed by atoms with Crippen LogP contribution in [0.1, 0.15) is 39.7 Å². The normalized spacial score (nSPS) is 12.2. The average Bonchev–Trinajstić information content (AvgIpc) is 2.99. The third-order valence-electron chi connectivity index (χ3n) is 3.95. The molecule has 0 aliphatic rings. The molecule has 0 bridgehead atoms. The van der Waals surface area contributed by atoms with Crippen molar-refractivity contribution in [2.75, 3.05) is 5.32 Å². The summed E-state index contributed by atoms with van der Waals surface area (Å²) in [5.41, 5.74) is 1.75. The zero-order valence-corrected chi connectivity index (χ0v) is 15.9. The van der Waals surface area contributed by atoms with Gasteiger partial charge < -0.3 is 10.6 Å². The molecule has 0 saturated carbocycles. The van der Waals surface area contributed by atoms with E-state index in [9.17, 15) is 9.59 Å². The van der Waals surface area contributed by atoms with Gasteiger partial charge in [0.15, 0.2) is 0 Å². The Kier molecular flexibility index (Phi) is 6.95. The Morgan fingerprint density at radius 1 is 1.12 bits per heavy atom. The van der Waals surface area contributed by atoms with Crippen molar-refractivity contribution >= 4 is 17.5 Å². The molecule has 2 aromatic rings. The van der Waals surface area contributed by atoms with Crippen LogP contribution in [0, 0.1) is 11.8 Å². The quantitative estimate of drug-likeness (QED) is 0.763. The molecule has 0 radical (unpaired) electrons. The molecule has 2 rings (SSSR count). The van der Waals surface area contributed by atoms with Crippen LogP contribution in [0.2, 0.25) is 0 Å². The van der Waals surface area contributed by atoms with Gasteiger partial charge in [-0.2, -0.15) is 5.10 Å². The van der Waals surface area contributed by atoms with E-state index in [0.717, 1.165) is 5.56 Å². The molecule has 2 N–H and O–H groups in total. The average molecular weight is 356 g/mol. The Balaban J connectivity index is 1.97. The number of rotatable bonds is 8. The van der Waals surface area contributed by atoms with Gasteiger partial charge >= 0.3 is 0 Å².